The molecule has 37 heavy (non-hydrogen) atoms. The molecule has 180 valence electrons. The number of nitrogens with zero attached hydrogens (tertiary/aromatic N) is 6. The van der Waals surface area contributed by atoms with E-state index in [4.69, 9.17) is 13.1 Å². The van der Waals surface area contributed by atoms with Crippen LogP contribution < -0.4 is 113 Å². The first kappa shape index (κ1) is 34.3. The summed E-state index contributed by atoms with van der Waals surface area (Å²) in [7, 11) is -5.27. The summed E-state index contributed by atoms with van der Waals surface area (Å²) in [5, 5.41) is 18.3. The zero-order valence-corrected chi connectivity index (χ0v) is 28.1. The van der Waals surface area contributed by atoms with E-state index in [1.807, 2.05) is 0 Å². The molecule has 0 bridgehead atoms. The van der Waals surface area contributed by atoms with Crippen molar-refractivity contribution in [2.24, 2.45) is 10.2 Å². The minimum absolute atomic E-state index is 0. The van der Waals surface area contributed by atoms with E-state index in [1.165, 1.54) is 6.92 Å². The SMILES string of the molecule is [C-]#[N+]c1c(C)nsc1N=Nc1c(C)c([N+]#[C-])c(O)n(-c2cc(OS(=O)[O-])ccc2S(=O)(=O)[O-])c1=O.[K+].[K+]. The van der Waals surface area contributed by atoms with Gasteiger partial charge in [-0.2, -0.15) is 0 Å². The van der Waals surface area contributed by atoms with Gasteiger partial charge in [-0.25, -0.2) is 26.7 Å². The van der Waals surface area contributed by atoms with Crippen LogP contribution in [0.5, 0.6) is 11.6 Å². The van der Waals surface area contributed by atoms with Gasteiger partial charge >= 0.3 is 103 Å². The predicted molar refractivity (Wildman–Crippen MR) is 120 cm³/mol. The Morgan fingerprint density at radius 2 is 1.81 bits per heavy atom. The van der Waals surface area contributed by atoms with Gasteiger partial charge in [-0.1, -0.05) is 0 Å². The van der Waals surface area contributed by atoms with E-state index >= 15 is 0 Å². The van der Waals surface area contributed by atoms with E-state index in [0.717, 1.165) is 17.6 Å². The van der Waals surface area contributed by atoms with E-state index in [2.05, 4.69) is 28.5 Å². The molecular formula is C18H10K2N6O8S3. The van der Waals surface area contributed by atoms with E-state index in [-0.39, 0.29) is 119 Å². The van der Waals surface area contributed by atoms with Crippen molar-refractivity contribution in [3.8, 4) is 17.3 Å². The third-order valence-electron chi connectivity index (χ3n) is 4.42. The molecule has 0 aliphatic carbocycles. The van der Waals surface area contributed by atoms with Crippen molar-refractivity contribution < 1.29 is 134 Å². The van der Waals surface area contributed by atoms with Crippen molar-refractivity contribution >= 4 is 55.1 Å². The van der Waals surface area contributed by atoms with Crippen LogP contribution in [0.4, 0.5) is 22.1 Å². The normalized spacial score (nSPS) is 11.6. The zero-order valence-electron chi connectivity index (χ0n) is 19.4. The van der Waals surface area contributed by atoms with Crippen LogP contribution in [0.1, 0.15) is 11.3 Å². The molecule has 14 nitrogen and oxygen atoms in total. The van der Waals surface area contributed by atoms with Crippen LogP contribution in [-0.2, 0) is 21.5 Å². The molecule has 0 aliphatic rings. The Kier molecular flexibility index (Phi) is 13.0. The fourth-order valence-corrected chi connectivity index (χ4v) is 4.45. The number of hydrogen-bond donors (Lipinski definition) is 1. The zero-order chi connectivity index (χ0) is 26.1. The van der Waals surface area contributed by atoms with Crippen molar-refractivity contribution in [2.45, 2.75) is 18.7 Å². The predicted octanol–water partition coefficient (Wildman–Crippen LogP) is -2.78. The van der Waals surface area contributed by atoms with Crippen molar-refractivity contribution in [2.75, 3.05) is 0 Å². The topological polar surface area (TPSA) is 195 Å². The van der Waals surface area contributed by atoms with Gasteiger partial charge in [0.05, 0.1) is 29.4 Å². The molecule has 0 saturated heterocycles. The largest absolute Gasteiger partial charge is 1.00 e. The van der Waals surface area contributed by atoms with Gasteiger partial charge in [0.15, 0.2) is 5.00 Å². The quantitative estimate of drug-likeness (QED) is 0.101. The summed E-state index contributed by atoms with van der Waals surface area (Å²) in [5.41, 5.74) is -2.72. The van der Waals surface area contributed by atoms with Crippen LogP contribution in [0.3, 0.4) is 0 Å². The molecule has 1 aromatic carbocycles. The van der Waals surface area contributed by atoms with E-state index in [9.17, 15) is 31.6 Å². The van der Waals surface area contributed by atoms with Gasteiger partial charge in [0.1, 0.15) is 32.9 Å². The van der Waals surface area contributed by atoms with Crippen molar-refractivity contribution in [1.29, 1.82) is 0 Å². The number of hydrogen-bond acceptors (Lipinski definition) is 12. The monoisotopic (exact) mass is 612 g/mol. The molecule has 0 saturated carbocycles. The van der Waals surface area contributed by atoms with Crippen LogP contribution in [0.2, 0.25) is 0 Å². The van der Waals surface area contributed by atoms with Crippen LogP contribution in [0.25, 0.3) is 15.4 Å². The summed E-state index contributed by atoms with van der Waals surface area (Å²) in [6, 6.07) is 2.22. The molecule has 1 atom stereocenters. The van der Waals surface area contributed by atoms with Gasteiger partial charge in [0, 0.05) is 6.07 Å². The summed E-state index contributed by atoms with van der Waals surface area (Å²) >= 11 is -2.28. The molecular weight excluding hydrogens is 603 g/mol. The molecule has 1 unspecified atom stereocenters. The van der Waals surface area contributed by atoms with Gasteiger partial charge in [-0.3, -0.25) is 9.36 Å². The van der Waals surface area contributed by atoms with Gasteiger partial charge in [0.25, 0.3) is 11.2 Å². The Morgan fingerprint density at radius 3 is 2.35 bits per heavy atom. The average molecular weight is 613 g/mol. The van der Waals surface area contributed by atoms with Gasteiger partial charge in [-0.15, -0.1) is 10.2 Å². The number of aromatic nitrogens is 2. The Balaban J connectivity index is 0.00000342. The van der Waals surface area contributed by atoms with Gasteiger partial charge in [-0.05, 0) is 43.1 Å². The molecule has 0 amide bonds. The number of aryl methyl sites for hydroxylation is 1. The maximum Gasteiger partial charge on any atom is 1.00 e. The van der Waals surface area contributed by atoms with E-state index in [0.29, 0.717) is 22.4 Å². The average Bonchev–Trinajstić information content (AvgIpc) is 3.12. The van der Waals surface area contributed by atoms with Crippen LogP contribution >= 0.6 is 11.5 Å². The molecule has 2 heterocycles. The first-order valence-electron chi connectivity index (χ1n) is 8.90. The van der Waals surface area contributed by atoms with Crippen LogP contribution in [0, 0.1) is 27.0 Å². The van der Waals surface area contributed by atoms with E-state index in [1.54, 1.807) is 6.92 Å². The summed E-state index contributed by atoms with van der Waals surface area (Å²) in [5.74, 6) is -1.54. The third kappa shape index (κ3) is 7.48. The molecule has 0 spiro atoms. The van der Waals surface area contributed by atoms with Crippen molar-refractivity contribution in [1.82, 2.24) is 8.94 Å². The summed E-state index contributed by atoms with van der Waals surface area (Å²) in [4.78, 5) is 18.7. The Morgan fingerprint density at radius 1 is 1.19 bits per heavy atom. The van der Waals surface area contributed by atoms with E-state index < -0.39 is 60.6 Å². The van der Waals surface area contributed by atoms with Gasteiger partial charge in [0.2, 0.25) is 11.6 Å². The maximum absolute atomic E-state index is 13.3. The second-order valence-corrected chi connectivity index (χ2v) is 9.18. The summed E-state index contributed by atoms with van der Waals surface area (Å²) < 4.78 is 66.0. The number of pyridine rings is 1. The fourth-order valence-electron chi connectivity index (χ4n) is 2.88. The number of aromatic hydroxyl groups is 1. The van der Waals surface area contributed by atoms with Crippen LogP contribution in [-0.4, -0.2) is 35.8 Å². The molecule has 1 N–H and O–H groups in total. The first-order chi connectivity index (χ1) is 16.4. The molecule has 0 radical (unpaired) electrons. The van der Waals surface area contributed by atoms with Gasteiger partial charge < -0.3 is 18.4 Å². The molecule has 0 aliphatic heterocycles. The minimum atomic E-state index is -5.27. The molecule has 19 heteroatoms. The third-order valence-corrected chi connectivity index (χ3v) is 6.45. The Bertz CT molecular complexity index is 1670. The molecule has 3 rings (SSSR count). The fraction of sp³-hybridized carbons (Fsp3) is 0.111. The van der Waals surface area contributed by atoms with Crippen molar-refractivity contribution in [3.05, 3.63) is 62.6 Å². The number of azo groups is 1. The molecule has 2 aromatic heterocycles. The second kappa shape index (κ2) is 14.1. The molecule has 3 aromatic rings. The Labute approximate surface area is 301 Å². The summed E-state index contributed by atoms with van der Waals surface area (Å²) in [6.07, 6.45) is 0. The smallest absolute Gasteiger partial charge is 0.744 e. The van der Waals surface area contributed by atoms with Crippen molar-refractivity contribution in [3.63, 3.8) is 0 Å². The number of benzene rings is 1. The minimum Gasteiger partial charge on any atom is -0.744 e. The summed E-state index contributed by atoms with van der Waals surface area (Å²) in [6.45, 7) is 17.4. The standard InChI is InChI=1S/C18H12N6O8S3.2K/c1-8-13(19-3)17(25)24(11-7-10(32-34(27)28)5-6-12(11)35(29,30)31)18(26)14(8)21-22-16-15(20-4)9(2)23-33-16;;/h5-7,25H,1-2H3,(H,27,28)(H,29,30,31);;/q;2*+1/p-2. The second-order valence-electron chi connectivity index (χ2n) is 6.50. The molecule has 0 fully saturated rings. The first-order valence-corrected chi connectivity index (χ1v) is 12.1. The van der Waals surface area contributed by atoms with Crippen LogP contribution in [0.15, 0.2) is 38.1 Å². The maximum atomic E-state index is 13.3. The Hall–Kier alpha value is -0.727. The number of rotatable bonds is 6.